The molecule has 3 unspecified atom stereocenters. The first-order chi connectivity index (χ1) is 6.61. The van der Waals surface area contributed by atoms with Gasteiger partial charge >= 0.3 is 0 Å². The van der Waals surface area contributed by atoms with E-state index in [1.807, 2.05) is 0 Å². The summed E-state index contributed by atoms with van der Waals surface area (Å²) in [6, 6.07) is 0. The Kier molecular flexibility index (Phi) is 3.82. The van der Waals surface area contributed by atoms with Gasteiger partial charge in [-0.2, -0.15) is 0 Å². The van der Waals surface area contributed by atoms with Gasteiger partial charge in [-0.15, -0.1) is 0 Å². The van der Waals surface area contributed by atoms with Crippen LogP contribution in [0.5, 0.6) is 0 Å². The van der Waals surface area contributed by atoms with Crippen LogP contribution < -0.4 is 0 Å². The smallest absolute Gasteiger partial charge is 0.221 e. The predicted molar refractivity (Wildman–Crippen MR) is 45.4 cm³/mol. The average molecular weight is 208 g/mol. The number of aliphatic hydroxyl groups excluding tert-OH is 4. The zero-order valence-electron chi connectivity index (χ0n) is 7.96. The molecule has 0 aromatic rings. The fourth-order valence-corrected chi connectivity index (χ4v) is 1.54. The van der Waals surface area contributed by atoms with Gasteiger partial charge < -0.3 is 29.9 Å². The van der Waals surface area contributed by atoms with Crippen LogP contribution in [-0.2, 0) is 9.47 Å². The van der Waals surface area contributed by atoms with Crippen molar-refractivity contribution in [1.29, 1.82) is 0 Å². The maximum Gasteiger partial charge on any atom is 0.221 e. The van der Waals surface area contributed by atoms with Crippen LogP contribution in [0.3, 0.4) is 0 Å². The van der Waals surface area contributed by atoms with Gasteiger partial charge in [0.2, 0.25) is 5.79 Å². The topological polar surface area (TPSA) is 99.4 Å². The van der Waals surface area contributed by atoms with Crippen molar-refractivity contribution in [3.05, 3.63) is 0 Å². The fraction of sp³-hybridized carbons (Fsp3) is 1.00. The molecule has 4 N–H and O–H groups in total. The summed E-state index contributed by atoms with van der Waals surface area (Å²) in [5.74, 6) is -1.61. The van der Waals surface area contributed by atoms with Gasteiger partial charge in [-0.25, -0.2) is 0 Å². The first-order valence-electron chi connectivity index (χ1n) is 4.51. The minimum atomic E-state index is -1.61. The molecule has 84 valence electrons. The second-order valence-electron chi connectivity index (χ2n) is 3.18. The van der Waals surface area contributed by atoms with E-state index in [1.54, 1.807) is 6.92 Å². The maximum atomic E-state index is 9.57. The second-order valence-corrected chi connectivity index (χ2v) is 3.18. The number of rotatable bonds is 4. The highest BCUT2D eigenvalue weighted by Gasteiger charge is 2.54. The normalized spacial score (nSPS) is 43.1. The van der Waals surface area contributed by atoms with Gasteiger partial charge in [0, 0.05) is 6.61 Å². The number of ether oxygens (including phenoxy) is 2. The van der Waals surface area contributed by atoms with E-state index in [2.05, 4.69) is 0 Å². The Labute approximate surface area is 81.7 Å². The van der Waals surface area contributed by atoms with Crippen molar-refractivity contribution >= 4 is 0 Å². The molecule has 1 rings (SSSR count). The summed E-state index contributed by atoms with van der Waals surface area (Å²) >= 11 is 0. The summed E-state index contributed by atoms with van der Waals surface area (Å²) in [6.45, 7) is 0.886. The SMILES string of the molecule is CCO[C@]1(CO)OC(CO)C(O)C1O. The van der Waals surface area contributed by atoms with Crippen LogP contribution in [0, 0.1) is 0 Å². The minimum absolute atomic E-state index is 0.225. The van der Waals surface area contributed by atoms with Gasteiger partial charge in [0.1, 0.15) is 24.9 Å². The Bertz CT molecular complexity index is 187. The lowest BCUT2D eigenvalue weighted by molar-refractivity contribution is -0.274. The zero-order chi connectivity index (χ0) is 10.8. The summed E-state index contributed by atoms with van der Waals surface area (Å²) in [5, 5.41) is 36.9. The molecule has 6 heteroatoms. The van der Waals surface area contributed by atoms with Crippen molar-refractivity contribution in [3.63, 3.8) is 0 Å². The van der Waals surface area contributed by atoms with Crippen molar-refractivity contribution in [2.75, 3.05) is 19.8 Å². The van der Waals surface area contributed by atoms with Crippen molar-refractivity contribution in [2.24, 2.45) is 0 Å². The summed E-state index contributed by atoms with van der Waals surface area (Å²) in [5.41, 5.74) is 0. The van der Waals surface area contributed by atoms with Crippen LogP contribution in [0.4, 0.5) is 0 Å². The Balaban J connectivity index is 2.78. The van der Waals surface area contributed by atoms with Gasteiger partial charge in [0.25, 0.3) is 0 Å². The summed E-state index contributed by atoms with van der Waals surface area (Å²) in [7, 11) is 0. The predicted octanol–water partition coefficient (Wildman–Crippen LogP) is -2.18. The largest absolute Gasteiger partial charge is 0.394 e. The Morgan fingerprint density at radius 2 is 2.00 bits per heavy atom. The molecule has 0 amide bonds. The molecule has 14 heavy (non-hydrogen) atoms. The molecule has 1 saturated heterocycles. The van der Waals surface area contributed by atoms with Crippen molar-refractivity contribution in [2.45, 2.75) is 31.0 Å². The van der Waals surface area contributed by atoms with Crippen molar-refractivity contribution in [1.82, 2.24) is 0 Å². The molecule has 0 radical (unpaired) electrons. The van der Waals surface area contributed by atoms with E-state index in [9.17, 15) is 10.2 Å². The Hall–Kier alpha value is -0.240. The summed E-state index contributed by atoms with van der Waals surface area (Å²) in [4.78, 5) is 0. The van der Waals surface area contributed by atoms with E-state index >= 15 is 0 Å². The van der Waals surface area contributed by atoms with Gasteiger partial charge in [-0.1, -0.05) is 0 Å². The van der Waals surface area contributed by atoms with Crippen LogP contribution in [0.15, 0.2) is 0 Å². The molecule has 0 aromatic carbocycles. The van der Waals surface area contributed by atoms with E-state index in [0.717, 1.165) is 0 Å². The van der Waals surface area contributed by atoms with Gasteiger partial charge in [0.05, 0.1) is 6.61 Å². The summed E-state index contributed by atoms with van der Waals surface area (Å²) < 4.78 is 10.2. The maximum absolute atomic E-state index is 9.57. The molecule has 1 aliphatic heterocycles. The van der Waals surface area contributed by atoms with Gasteiger partial charge in [-0.05, 0) is 6.92 Å². The lowest BCUT2D eigenvalue weighted by Gasteiger charge is -2.29. The highest BCUT2D eigenvalue weighted by molar-refractivity contribution is 4.96. The lowest BCUT2D eigenvalue weighted by Crippen LogP contribution is -2.48. The van der Waals surface area contributed by atoms with Gasteiger partial charge in [0.15, 0.2) is 0 Å². The third-order valence-electron chi connectivity index (χ3n) is 2.29. The highest BCUT2D eigenvalue weighted by Crippen LogP contribution is 2.31. The molecule has 1 aliphatic rings. The van der Waals surface area contributed by atoms with Crippen LogP contribution in [0.25, 0.3) is 0 Å². The van der Waals surface area contributed by atoms with Crippen LogP contribution in [0.2, 0.25) is 0 Å². The molecule has 1 fully saturated rings. The molecule has 0 bridgehead atoms. The Morgan fingerprint density at radius 3 is 2.36 bits per heavy atom. The molecule has 1 heterocycles. The fourth-order valence-electron chi connectivity index (χ4n) is 1.54. The first kappa shape index (κ1) is 11.8. The van der Waals surface area contributed by atoms with E-state index in [-0.39, 0.29) is 6.61 Å². The second kappa shape index (κ2) is 4.52. The summed E-state index contributed by atoms with van der Waals surface area (Å²) in [6.07, 6.45) is -3.54. The minimum Gasteiger partial charge on any atom is -0.394 e. The molecule has 0 aromatic heterocycles. The van der Waals surface area contributed by atoms with Crippen molar-refractivity contribution < 1.29 is 29.9 Å². The molecule has 0 saturated carbocycles. The molecule has 6 nitrogen and oxygen atoms in total. The number of hydrogen-bond acceptors (Lipinski definition) is 6. The van der Waals surface area contributed by atoms with Gasteiger partial charge in [-0.3, -0.25) is 0 Å². The monoisotopic (exact) mass is 208 g/mol. The lowest BCUT2D eigenvalue weighted by atomic mass is 10.1. The molecule has 0 spiro atoms. The quantitative estimate of drug-likeness (QED) is 0.419. The van der Waals surface area contributed by atoms with Crippen molar-refractivity contribution in [3.8, 4) is 0 Å². The molecular formula is C8H16O6. The van der Waals surface area contributed by atoms with E-state index in [0.29, 0.717) is 0 Å². The third kappa shape index (κ3) is 1.77. The van der Waals surface area contributed by atoms with Crippen LogP contribution in [-0.4, -0.2) is 64.3 Å². The average Bonchev–Trinajstić information content (AvgIpc) is 2.44. The van der Waals surface area contributed by atoms with E-state index in [4.69, 9.17) is 19.7 Å². The number of aliphatic hydroxyl groups is 4. The molecule has 4 atom stereocenters. The highest BCUT2D eigenvalue weighted by atomic mass is 16.7. The standard InChI is InChI=1S/C8H16O6/c1-2-13-8(4-10)7(12)6(11)5(3-9)14-8/h5-7,9-12H,2-4H2,1H3/t5?,6?,7?,8-/m1/s1. The van der Waals surface area contributed by atoms with Crippen LogP contribution >= 0.6 is 0 Å². The molecular weight excluding hydrogens is 192 g/mol. The molecule has 0 aliphatic carbocycles. The van der Waals surface area contributed by atoms with E-state index < -0.39 is 37.3 Å². The van der Waals surface area contributed by atoms with E-state index in [1.165, 1.54) is 0 Å². The first-order valence-corrected chi connectivity index (χ1v) is 4.51. The third-order valence-corrected chi connectivity index (χ3v) is 2.29. The Morgan fingerprint density at radius 1 is 1.36 bits per heavy atom. The number of hydrogen-bond donors (Lipinski definition) is 4. The zero-order valence-corrected chi connectivity index (χ0v) is 7.96. The van der Waals surface area contributed by atoms with Crippen LogP contribution in [0.1, 0.15) is 6.92 Å².